The van der Waals surface area contributed by atoms with Crippen LogP contribution in [0.5, 0.6) is 0 Å². The number of benzene rings is 2. The van der Waals surface area contributed by atoms with E-state index in [4.69, 9.17) is 4.42 Å². The van der Waals surface area contributed by atoms with Gasteiger partial charge in [-0.25, -0.2) is 0 Å². The number of fused-ring (bicyclic) bond motifs is 1. The maximum Gasteiger partial charge on any atom is 0.191 e. The zero-order valence-corrected chi connectivity index (χ0v) is 16.5. The van der Waals surface area contributed by atoms with Crippen molar-refractivity contribution in [1.82, 2.24) is 10.6 Å². The number of para-hydroxylation sites is 1. The third-order valence-corrected chi connectivity index (χ3v) is 5.69. The third-order valence-electron chi connectivity index (χ3n) is 4.38. The molecular formula is C21H25N3O2S. The molecule has 6 heteroatoms. The van der Waals surface area contributed by atoms with Crippen LogP contribution in [0.2, 0.25) is 0 Å². The molecule has 2 aromatic carbocycles. The Morgan fingerprint density at radius 3 is 2.56 bits per heavy atom. The molecular weight excluding hydrogens is 358 g/mol. The van der Waals surface area contributed by atoms with E-state index >= 15 is 0 Å². The highest BCUT2D eigenvalue weighted by Gasteiger charge is 2.10. The second-order valence-corrected chi connectivity index (χ2v) is 7.85. The van der Waals surface area contributed by atoms with Crippen molar-refractivity contribution in [3.05, 3.63) is 71.5 Å². The first-order chi connectivity index (χ1) is 13.2. The number of hydrogen-bond donors (Lipinski definition) is 2. The van der Waals surface area contributed by atoms with Crippen LogP contribution in [0.25, 0.3) is 11.0 Å². The molecule has 1 heterocycles. The SMILES string of the molecule is CN=C(NCCS(=O)Cc1ccccc1)NCc1oc2ccccc2c1C. The molecule has 0 saturated carbocycles. The highest BCUT2D eigenvalue weighted by atomic mass is 32.2. The molecule has 0 aliphatic carbocycles. The molecule has 2 N–H and O–H groups in total. The molecule has 0 bridgehead atoms. The molecule has 27 heavy (non-hydrogen) atoms. The van der Waals surface area contributed by atoms with E-state index < -0.39 is 10.8 Å². The number of rotatable bonds is 7. The van der Waals surface area contributed by atoms with Crippen molar-refractivity contribution in [3.63, 3.8) is 0 Å². The summed E-state index contributed by atoms with van der Waals surface area (Å²) in [5.74, 6) is 2.71. The summed E-state index contributed by atoms with van der Waals surface area (Å²) in [5.41, 5.74) is 3.13. The molecule has 3 aromatic rings. The fraction of sp³-hybridized carbons (Fsp3) is 0.286. The summed E-state index contributed by atoms with van der Waals surface area (Å²) in [6, 6.07) is 17.9. The van der Waals surface area contributed by atoms with Gasteiger partial charge in [0.1, 0.15) is 11.3 Å². The molecule has 1 atom stereocenters. The second-order valence-electron chi connectivity index (χ2n) is 6.27. The van der Waals surface area contributed by atoms with E-state index in [-0.39, 0.29) is 0 Å². The van der Waals surface area contributed by atoms with Crippen LogP contribution in [0.3, 0.4) is 0 Å². The molecule has 5 nitrogen and oxygen atoms in total. The van der Waals surface area contributed by atoms with E-state index in [1.54, 1.807) is 7.05 Å². The van der Waals surface area contributed by atoms with Crippen LogP contribution < -0.4 is 10.6 Å². The summed E-state index contributed by atoms with van der Waals surface area (Å²) in [7, 11) is 0.817. The normalized spacial score (nSPS) is 12.9. The lowest BCUT2D eigenvalue weighted by molar-refractivity contribution is 0.535. The third kappa shape index (κ3) is 5.20. The van der Waals surface area contributed by atoms with Crippen molar-refractivity contribution in [2.24, 2.45) is 4.99 Å². The van der Waals surface area contributed by atoms with Gasteiger partial charge in [-0.3, -0.25) is 9.20 Å². The predicted molar refractivity (Wildman–Crippen MR) is 112 cm³/mol. The van der Waals surface area contributed by atoms with Crippen LogP contribution in [0, 0.1) is 6.92 Å². The van der Waals surface area contributed by atoms with Crippen LogP contribution >= 0.6 is 0 Å². The van der Waals surface area contributed by atoms with E-state index in [0.717, 1.165) is 27.9 Å². The maximum atomic E-state index is 12.2. The van der Waals surface area contributed by atoms with Crippen molar-refractivity contribution in [2.75, 3.05) is 19.3 Å². The Morgan fingerprint density at radius 2 is 1.81 bits per heavy atom. The van der Waals surface area contributed by atoms with Gasteiger partial charge in [0, 0.05) is 46.8 Å². The first kappa shape index (κ1) is 19.2. The lowest BCUT2D eigenvalue weighted by atomic mass is 10.1. The van der Waals surface area contributed by atoms with Crippen molar-refractivity contribution in [2.45, 2.75) is 19.2 Å². The minimum atomic E-state index is -0.907. The highest BCUT2D eigenvalue weighted by Crippen LogP contribution is 2.24. The van der Waals surface area contributed by atoms with Gasteiger partial charge >= 0.3 is 0 Å². The quantitative estimate of drug-likeness (QED) is 0.485. The first-order valence-corrected chi connectivity index (χ1v) is 10.5. The summed E-state index contributed by atoms with van der Waals surface area (Å²) in [5, 5.41) is 7.60. The molecule has 1 unspecified atom stereocenters. The summed E-state index contributed by atoms with van der Waals surface area (Å²) in [6.45, 7) is 3.21. The number of guanidine groups is 1. The van der Waals surface area contributed by atoms with Gasteiger partial charge in [-0.05, 0) is 18.6 Å². The number of furan rings is 1. The van der Waals surface area contributed by atoms with Crippen LogP contribution in [-0.4, -0.2) is 29.5 Å². The minimum Gasteiger partial charge on any atom is -0.459 e. The fourth-order valence-electron chi connectivity index (χ4n) is 2.89. The monoisotopic (exact) mass is 383 g/mol. The smallest absolute Gasteiger partial charge is 0.191 e. The standard InChI is InChI=1S/C21H25N3O2S/c1-16-18-10-6-7-11-19(18)26-20(16)14-24-21(22-2)23-12-13-27(25)15-17-8-4-3-5-9-17/h3-11H,12-15H2,1-2H3,(H2,22,23,24). The Labute approximate surface area is 162 Å². The zero-order valence-electron chi connectivity index (χ0n) is 15.7. The van der Waals surface area contributed by atoms with Crippen LogP contribution in [0.1, 0.15) is 16.9 Å². The number of nitrogens with one attached hydrogen (secondary N) is 2. The summed E-state index contributed by atoms with van der Waals surface area (Å²) in [6.07, 6.45) is 0. The summed E-state index contributed by atoms with van der Waals surface area (Å²) in [4.78, 5) is 4.22. The largest absolute Gasteiger partial charge is 0.459 e. The Hall–Kier alpha value is -2.60. The van der Waals surface area contributed by atoms with Gasteiger partial charge in [0.2, 0.25) is 0 Å². The molecule has 142 valence electrons. The number of nitrogens with zero attached hydrogens (tertiary/aromatic N) is 1. The Kier molecular flexibility index (Phi) is 6.65. The first-order valence-electron chi connectivity index (χ1n) is 8.98. The van der Waals surface area contributed by atoms with Crippen molar-refractivity contribution in [1.29, 1.82) is 0 Å². The lowest BCUT2D eigenvalue weighted by Gasteiger charge is -2.11. The Bertz CT molecular complexity index is 935. The molecule has 0 amide bonds. The van der Waals surface area contributed by atoms with E-state index in [9.17, 15) is 4.21 Å². The minimum absolute atomic E-state index is 0.549. The van der Waals surface area contributed by atoms with E-state index in [2.05, 4.69) is 28.6 Å². The maximum absolute atomic E-state index is 12.2. The van der Waals surface area contributed by atoms with E-state index in [0.29, 0.717) is 30.6 Å². The zero-order chi connectivity index (χ0) is 19.1. The molecule has 0 fully saturated rings. The average molecular weight is 384 g/mol. The van der Waals surface area contributed by atoms with E-state index in [1.165, 1.54) is 0 Å². The fourth-order valence-corrected chi connectivity index (χ4v) is 3.93. The lowest BCUT2D eigenvalue weighted by Crippen LogP contribution is -2.38. The predicted octanol–water partition coefficient (Wildman–Crippen LogP) is 3.36. The number of aryl methyl sites for hydroxylation is 1. The second kappa shape index (κ2) is 9.37. The van der Waals surface area contributed by atoms with Gasteiger partial charge in [0.15, 0.2) is 5.96 Å². The molecule has 0 spiro atoms. The van der Waals surface area contributed by atoms with Crippen LogP contribution in [0.15, 0.2) is 64.0 Å². The molecule has 0 aliphatic heterocycles. The van der Waals surface area contributed by atoms with Gasteiger partial charge in [-0.1, -0.05) is 48.5 Å². The average Bonchev–Trinajstić information content (AvgIpc) is 3.01. The molecule has 1 aromatic heterocycles. The topological polar surface area (TPSA) is 66.6 Å². The molecule has 3 rings (SSSR count). The molecule has 0 radical (unpaired) electrons. The number of aliphatic imine (C=N–C) groups is 1. The van der Waals surface area contributed by atoms with Gasteiger partial charge in [-0.15, -0.1) is 0 Å². The summed E-state index contributed by atoms with van der Waals surface area (Å²) >= 11 is 0. The van der Waals surface area contributed by atoms with Crippen molar-refractivity contribution < 1.29 is 8.63 Å². The van der Waals surface area contributed by atoms with E-state index in [1.807, 2.05) is 48.5 Å². The van der Waals surface area contributed by atoms with Gasteiger partial charge in [0.05, 0.1) is 6.54 Å². The van der Waals surface area contributed by atoms with Crippen LogP contribution in [0.4, 0.5) is 0 Å². The number of hydrogen-bond acceptors (Lipinski definition) is 3. The molecule has 0 aliphatic rings. The highest BCUT2D eigenvalue weighted by molar-refractivity contribution is 7.84. The van der Waals surface area contributed by atoms with Gasteiger partial charge in [0.25, 0.3) is 0 Å². The van der Waals surface area contributed by atoms with Crippen molar-refractivity contribution in [3.8, 4) is 0 Å². The van der Waals surface area contributed by atoms with Gasteiger partial charge < -0.3 is 15.1 Å². The summed E-state index contributed by atoms with van der Waals surface area (Å²) < 4.78 is 18.1. The molecule has 0 saturated heterocycles. The van der Waals surface area contributed by atoms with Crippen LogP contribution in [-0.2, 0) is 23.1 Å². The Balaban J connectivity index is 1.46. The van der Waals surface area contributed by atoms with Crippen molar-refractivity contribution >= 4 is 27.7 Å². The Morgan fingerprint density at radius 1 is 1.07 bits per heavy atom. The van der Waals surface area contributed by atoms with Gasteiger partial charge in [-0.2, -0.15) is 0 Å².